The second-order valence-electron chi connectivity index (χ2n) is 12.7. The molecule has 200 valence electrons. The Morgan fingerprint density at radius 1 is 0.889 bits per heavy atom. The van der Waals surface area contributed by atoms with Gasteiger partial charge >= 0.3 is 5.97 Å². The lowest BCUT2D eigenvalue weighted by Crippen LogP contribution is -2.47. The van der Waals surface area contributed by atoms with Gasteiger partial charge in [0.05, 0.1) is 6.42 Å². The van der Waals surface area contributed by atoms with Crippen molar-refractivity contribution in [1.29, 1.82) is 0 Å². The number of hydrogen-bond donors (Lipinski definition) is 0. The third-order valence-corrected chi connectivity index (χ3v) is 11.9. The van der Waals surface area contributed by atoms with Crippen LogP contribution in [0.3, 0.4) is 0 Å². The topological polar surface area (TPSA) is 38.8 Å². The summed E-state index contributed by atoms with van der Waals surface area (Å²) in [6.07, 6.45) is 0.323. The number of benzene rings is 2. The van der Waals surface area contributed by atoms with Crippen molar-refractivity contribution >= 4 is 14.3 Å². The van der Waals surface area contributed by atoms with E-state index in [1.165, 1.54) is 11.1 Å². The van der Waals surface area contributed by atoms with E-state index in [1.54, 1.807) is 0 Å². The summed E-state index contributed by atoms with van der Waals surface area (Å²) in [5, 5.41) is 0.133. The standard InChI is InChI=1S/C31H49NO3Si/c1-24(23-34-36(9,10)31(6,7)8)28(21-29(33)35-30(3,4)5)32(22-26-17-13-11-14-18-26)25(2)27-19-15-12-16-20-27/h11-20,24-25,28H,21-23H2,1-10H3/t24-,25+,28-/m0/s1. The first-order valence-corrected chi connectivity index (χ1v) is 16.2. The first-order valence-electron chi connectivity index (χ1n) is 13.3. The highest BCUT2D eigenvalue weighted by Gasteiger charge is 2.39. The van der Waals surface area contributed by atoms with Gasteiger partial charge in [0.15, 0.2) is 8.32 Å². The zero-order valence-corrected chi connectivity index (χ0v) is 25.3. The molecule has 0 N–H and O–H groups in total. The first-order chi connectivity index (χ1) is 16.6. The molecule has 36 heavy (non-hydrogen) atoms. The fourth-order valence-corrected chi connectivity index (χ4v) is 5.24. The molecule has 0 bridgehead atoms. The number of rotatable bonds is 11. The van der Waals surface area contributed by atoms with Crippen LogP contribution in [0.5, 0.6) is 0 Å². The quantitative estimate of drug-likeness (QED) is 0.226. The van der Waals surface area contributed by atoms with Crippen LogP contribution >= 0.6 is 0 Å². The number of nitrogens with zero attached hydrogens (tertiary/aromatic N) is 1. The number of hydrogen-bond acceptors (Lipinski definition) is 4. The molecule has 0 heterocycles. The van der Waals surface area contributed by atoms with E-state index >= 15 is 0 Å². The smallest absolute Gasteiger partial charge is 0.307 e. The highest BCUT2D eigenvalue weighted by molar-refractivity contribution is 6.74. The van der Waals surface area contributed by atoms with Crippen LogP contribution in [-0.4, -0.2) is 37.4 Å². The molecule has 3 atom stereocenters. The predicted molar refractivity (Wildman–Crippen MR) is 153 cm³/mol. The Bertz CT molecular complexity index is 932. The van der Waals surface area contributed by atoms with Gasteiger partial charge in [0.2, 0.25) is 0 Å². The average Bonchev–Trinajstić information content (AvgIpc) is 2.78. The molecule has 0 aliphatic rings. The van der Waals surface area contributed by atoms with E-state index in [1.807, 2.05) is 32.9 Å². The highest BCUT2D eigenvalue weighted by Crippen LogP contribution is 2.38. The maximum Gasteiger partial charge on any atom is 0.307 e. The molecule has 2 aromatic carbocycles. The van der Waals surface area contributed by atoms with Crippen molar-refractivity contribution in [3.63, 3.8) is 0 Å². The third kappa shape index (κ3) is 9.17. The molecule has 0 unspecified atom stereocenters. The number of esters is 1. The van der Waals surface area contributed by atoms with Gasteiger partial charge in [-0.3, -0.25) is 9.69 Å². The minimum absolute atomic E-state index is 0.0416. The van der Waals surface area contributed by atoms with Gasteiger partial charge in [0.25, 0.3) is 0 Å². The second kappa shape index (κ2) is 12.5. The Morgan fingerprint density at radius 3 is 1.92 bits per heavy atom. The van der Waals surface area contributed by atoms with Crippen molar-refractivity contribution < 1.29 is 14.0 Å². The summed E-state index contributed by atoms with van der Waals surface area (Å²) in [7, 11) is -1.93. The van der Waals surface area contributed by atoms with Gasteiger partial charge < -0.3 is 9.16 Å². The van der Waals surface area contributed by atoms with Crippen LogP contribution in [0.2, 0.25) is 18.1 Å². The lowest BCUT2D eigenvalue weighted by molar-refractivity contribution is -0.157. The Hall–Kier alpha value is -1.95. The average molecular weight is 512 g/mol. The predicted octanol–water partition coefficient (Wildman–Crippen LogP) is 8.01. The third-order valence-electron chi connectivity index (χ3n) is 7.38. The van der Waals surface area contributed by atoms with Crippen LogP contribution in [0, 0.1) is 5.92 Å². The first kappa shape index (κ1) is 30.3. The van der Waals surface area contributed by atoms with Crippen molar-refractivity contribution in [2.75, 3.05) is 6.61 Å². The zero-order valence-electron chi connectivity index (χ0n) is 24.3. The van der Waals surface area contributed by atoms with Crippen molar-refractivity contribution in [3.05, 3.63) is 71.8 Å². The van der Waals surface area contributed by atoms with Gasteiger partial charge in [-0.2, -0.15) is 0 Å². The highest BCUT2D eigenvalue weighted by atomic mass is 28.4. The minimum Gasteiger partial charge on any atom is -0.460 e. The molecule has 0 aliphatic carbocycles. The Labute approximate surface area is 221 Å². The number of carbonyl (C=O) groups excluding carboxylic acids is 1. The van der Waals surface area contributed by atoms with Crippen molar-refractivity contribution in [3.8, 4) is 0 Å². The van der Waals surface area contributed by atoms with Crippen LogP contribution in [0.4, 0.5) is 0 Å². The Kier molecular flexibility index (Phi) is 10.5. The van der Waals surface area contributed by atoms with Crippen LogP contribution in [0.15, 0.2) is 60.7 Å². The summed E-state index contributed by atoms with van der Waals surface area (Å²) in [4.78, 5) is 15.6. The molecular weight excluding hydrogens is 462 g/mol. The molecule has 0 fully saturated rings. The molecule has 0 aromatic heterocycles. The largest absolute Gasteiger partial charge is 0.460 e. The maximum atomic E-state index is 13.2. The second-order valence-corrected chi connectivity index (χ2v) is 17.5. The molecule has 0 aliphatic heterocycles. The number of carbonyl (C=O) groups is 1. The van der Waals surface area contributed by atoms with Gasteiger partial charge in [-0.15, -0.1) is 0 Å². The fraction of sp³-hybridized carbons (Fsp3) is 0.581. The SMILES string of the molecule is C[C@H](c1ccccc1)N(Cc1ccccc1)[C@@H](CC(=O)OC(C)(C)C)[C@@H](C)CO[Si](C)(C)C(C)(C)C. The molecular formula is C31H49NO3Si. The lowest BCUT2D eigenvalue weighted by atomic mass is 9.93. The molecule has 0 spiro atoms. The van der Waals surface area contributed by atoms with E-state index in [-0.39, 0.29) is 29.0 Å². The van der Waals surface area contributed by atoms with E-state index in [4.69, 9.17) is 9.16 Å². The zero-order chi connectivity index (χ0) is 27.1. The summed E-state index contributed by atoms with van der Waals surface area (Å²) in [6.45, 7) is 23.0. The van der Waals surface area contributed by atoms with E-state index in [9.17, 15) is 4.79 Å². The monoisotopic (exact) mass is 511 g/mol. The van der Waals surface area contributed by atoms with Gasteiger partial charge in [-0.1, -0.05) is 88.4 Å². The molecule has 0 radical (unpaired) electrons. The minimum atomic E-state index is -1.93. The fourth-order valence-electron chi connectivity index (χ4n) is 4.13. The molecule has 4 nitrogen and oxygen atoms in total. The van der Waals surface area contributed by atoms with E-state index in [2.05, 4.69) is 101 Å². The molecule has 5 heteroatoms. The molecule has 0 saturated carbocycles. The molecule has 2 aromatic rings. The Balaban J connectivity index is 2.43. The summed E-state index contributed by atoms with van der Waals surface area (Å²) in [6, 6.07) is 21.1. The normalized spacial score (nSPS) is 15.4. The van der Waals surface area contributed by atoms with Crippen molar-refractivity contribution in [2.24, 2.45) is 5.92 Å². The van der Waals surface area contributed by atoms with Crippen molar-refractivity contribution in [2.45, 2.75) is 104 Å². The summed E-state index contributed by atoms with van der Waals surface area (Å²) < 4.78 is 12.5. The summed E-state index contributed by atoms with van der Waals surface area (Å²) in [5.74, 6) is -0.0217. The molecule has 0 saturated heterocycles. The van der Waals surface area contributed by atoms with Gasteiger partial charge in [-0.05, 0) is 62.9 Å². The molecule has 2 rings (SSSR count). The summed E-state index contributed by atoms with van der Waals surface area (Å²) in [5.41, 5.74) is 1.95. The molecule has 0 amide bonds. The van der Waals surface area contributed by atoms with Crippen LogP contribution in [-0.2, 0) is 20.5 Å². The van der Waals surface area contributed by atoms with Gasteiger partial charge in [0, 0.05) is 25.2 Å². The number of ether oxygens (including phenoxy) is 1. The summed E-state index contributed by atoms with van der Waals surface area (Å²) >= 11 is 0. The lowest BCUT2D eigenvalue weighted by Gasteiger charge is -2.42. The maximum absolute atomic E-state index is 13.2. The van der Waals surface area contributed by atoms with E-state index in [0.717, 1.165) is 6.54 Å². The van der Waals surface area contributed by atoms with Crippen LogP contribution in [0.1, 0.15) is 79.0 Å². The van der Waals surface area contributed by atoms with Crippen molar-refractivity contribution in [1.82, 2.24) is 4.90 Å². The van der Waals surface area contributed by atoms with Gasteiger partial charge in [-0.25, -0.2) is 0 Å². The van der Waals surface area contributed by atoms with E-state index < -0.39 is 13.9 Å². The van der Waals surface area contributed by atoms with Gasteiger partial charge in [0.1, 0.15) is 5.60 Å². The van der Waals surface area contributed by atoms with Crippen LogP contribution < -0.4 is 0 Å². The Morgan fingerprint density at radius 2 is 1.42 bits per heavy atom. The van der Waals surface area contributed by atoms with Crippen LogP contribution in [0.25, 0.3) is 0 Å². The van der Waals surface area contributed by atoms with E-state index in [0.29, 0.717) is 13.0 Å².